The number of unbranched alkanes of at least 4 members (excludes halogenated alkanes) is 1. The monoisotopic (exact) mass is 295 g/mol. The number of ether oxygens (including phenoxy) is 2. The van der Waals surface area contributed by atoms with E-state index in [1.807, 2.05) is 0 Å². The first-order valence-electron chi connectivity index (χ1n) is 6.93. The summed E-state index contributed by atoms with van der Waals surface area (Å²) in [6.45, 7) is 2.75. The molecule has 21 heavy (non-hydrogen) atoms. The van der Waals surface area contributed by atoms with Crippen molar-refractivity contribution in [2.24, 2.45) is 0 Å². The first-order valence-corrected chi connectivity index (χ1v) is 6.93. The number of hydrogen-bond donors (Lipinski definition) is 3. The van der Waals surface area contributed by atoms with Gasteiger partial charge < -0.3 is 24.9 Å². The molecule has 0 atom stereocenters. The SMILES string of the molecule is COCCOCCCCNc1cc2[nH]c(=O)oc2cc1N. The zero-order valence-corrected chi connectivity index (χ0v) is 12.1. The molecule has 0 amide bonds. The van der Waals surface area contributed by atoms with Crippen molar-refractivity contribution in [3.63, 3.8) is 0 Å². The summed E-state index contributed by atoms with van der Waals surface area (Å²) in [7, 11) is 1.65. The van der Waals surface area contributed by atoms with E-state index < -0.39 is 5.76 Å². The van der Waals surface area contributed by atoms with E-state index in [4.69, 9.17) is 19.6 Å². The molecule has 0 aliphatic carbocycles. The molecule has 0 unspecified atom stereocenters. The van der Waals surface area contributed by atoms with Crippen LogP contribution in [0.1, 0.15) is 12.8 Å². The Morgan fingerprint density at radius 2 is 2.14 bits per heavy atom. The van der Waals surface area contributed by atoms with Gasteiger partial charge in [-0.15, -0.1) is 0 Å². The van der Waals surface area contributed by atoms with Crippen LogP contribution in [-0.4, -0.2) is 38.5 Å². The highest BCUT2D eigenvalue weighted by molar-refractivity contribution is 5.85. The third kappa shape index (κ3) is 4.51. The van der Waals surface area contributed by atoms with E-state index in [9.17, 15) is 4.79 Å². The summed E-state index contributed by atoms with van der Waals surface area (Å²) in [6.07, 6.45) is 1.92. The molecule has 0 fully saturated rings. The highest BCUT2D eigenvalue weighted by Crippen LogP contribution is 2.24. The highest BCUT2D eigenvalue weighted by atomic mass is 16.5. The molecule has 4 N–H and O–H groups in total. The van der Waals surface area contributed by atoms with Crippen LogP contribution in [0.2, 0.25) is 0 Å². The van der Waals surface area contributed by atoms with Gasteiger partial charge in [0, 0.05) is 26.3 Å². The predicted octanol–water partition coefficient (Wildman–Crippen LogP) is 1.56. The van der Waals surface area contributed by atoms with E-state index in [-0.39, 0.29) is 0 Å². The van der Waals surface area contributed by atoms with Gasteiger partial charge in [0.1, 0.15) is 0 Å². The molecule has 1 aromatic heterocycles. The number of H-pyrrole nitrogens is 1. The maximum absolute atomic E-state index is 11.1. The van der Waals surface area contributed by atoms with E-state index >= 15 is 0 Å². The van der Waals surface area contributed by atoms with Crippen molar-refractivity contribution >= 4 is 22.5 Å². The van der Waals surface area contributed by atoms with Crippen molar-refractivity contribution in [3.8, 4) is 0 Å². The van der Waals surface area contributed by atoms with Crippen molar-refractivity contribution in [1.82, 2.24) is 4.98 Å². The first-order chi connectivity index (χ1) is 10.2. The summed E-state index contributed by atoms with van der Waals surface area (Å²) < 4.78 is 15.2. The van der Waals surface area contributed by atoms with E-state index in [0.717, 1.165) is 25.1 Å². The van der Waals surface area contributed by atoms with E-state index in [0.29, 0.717) is 36.6 Å². The highest BCUT2D eigenvalue weighted by Gasteiger charge is 2.06. The normalized spacial score (nSPS) is 11.1. The first kappa shape index (κ1) is 15.4. The molecule has 0 aliphatic rings. The minimum atomic E-state index is -0.477. The lowest BCUT2D eigenvalue weighted by atomic mass is 10.2. The minimum absolute atomic E-state index is 0.467. The zero-order valence-electron chi connectivity index (χ0n) is 12.1. The summed E-state index contributed by atoms with van der Waals surface area (Å²) >= 11 is 0. The molecule has 0 saturated carbocycles. The molecule has 1 heterocycles. The fourth-order valence-electron chi connectivity index (χ4n) is 1.96. The number of anilines is 2. The topological polar surface area (TPSA) is 103 Å². The van der Waals surface area contributed by atoms with Gasteiger partial charge in [-0.05, 0) is 18.9 Å². The van der Waals surface area contributed by atoms with Gasteiger partial charge in [-0.2, -0.15) is 0 Å². The number of aromatic amines is 1. The van der Waals surface area contributed by atoms with Gasteiger partial charge in [0.2, 0.25) is 0 Å². The lowest BCUT2D eigenvalue weighted by Gasteiger charge is -2.09. The van der Waals surface area contributed by atoms with Crippen LogP contribution in [0.25, 0.3) is 11.1 Å². The van der Waals surface area contributed by atoms with E-state index in [1.165, 1.54) is 0 Å². The smallest absolute Gasteiger partial charge is 0.408 e. The summed E-state index contributed by atoms with van der Waals surface area (Å²) in [6, 6.07) is 3.42. The van der Waals surface area contributed by atoms with Crippen LogP contribution >= 0.6 is 0 Å². The summed E-state index contributed by atoms with van der Waals surface area (Å²) in [5, 5.41) is 3.25. The number of benzene rings is 1. The Hall–Kier alpha value is -1.99. The van der Waals surface area contributed by atoms with Crippen LogP contribution in [0, 0.1) is 0 Å². The molecule has 1 aromatic carbocycles. The van der Waals surface area contributed by atoms with Crippen LogP contribution in [0.15, 0.2) is 21.3 Å². The van der Waals surface area contributed by atoms with Crippen molar-refractivity contribution in [3.05, 3.63) is 22.7 Å². The van der Waals surface area contributed by atoms with Crippen LogP contribution < -0.4 is 16.8 Å². The van der Waals surface area contributed by atoms with Crippen molar-refractivity contribution in [1.29, 1.82) is 0 Å². The van der Waals surface area contributed by atoms with E-state index in [2.05, 4.69) is 10.3 Å². The summed E-state index contributed by atoms with van der Waals surface area (Å²) in [4.78, 5) is 13.7. The Morgan fingerprint density at radius 1 is 1.29 bits per heavy atom. The van der Waals surface area contributed by atoms with Gasteiger partial charge in [-0.3, -0.25) is 4.98 Å². The average Bonchev–Trinajstić information content (AvgIpc) is 2.81. The molecule has 2 rings (SSSR count). The minimum Gasteiger partial charge on any atom is -0.408 e. The predicted molar refractivity (Wildman–Crippen MR) is 81.7 cm³/mol. The van der Waals surface area contributed by atoms with Crippen LogP contribution in [0.5, 0.6) is 0 Å². The Balaban J connectivity index is 1.75. The van der Waals surface area contributed by atoms with Gasteiger partial charge in [-0.25, -0.2) is 4.79 Å². The summed E-state index contributed by atoms with van der Waals surface area (Å²) in [5.41, 5.74) is 8.37. The lowest BCUT2D eigenvalue weighted by molar-refractivity contribution is 0.0691. The number of rotatable bonds is 9. The van der Waals surface area contributed by atoms with Crippen molar-refractivity contribution < 1.29 is 13.9 Å². The van der Waals surface area contributed by atoms with Gasteiger partial charge in [0.15, 0.2) is 5.58 Å². The van der Waals surface area contributed by atoms with Crippen molar-refractivity contribution in [2.75, 3.05) is 44.5 Å². The molecule has 2 aromatic rings. The Labute approximate surface area is 122 Å². The van der Waals surface area contributed by atoms with Crippen LogP contribution in [-0.2, 0) is 9.47 Å². The fraction of sp³-hybridized carbons (Fsp3) is 0.500. The molecule has 0 bridgehead atoms. The number of oxazole rings is 1. The number of fused-ring (bicyclic) bond motifs is 1. The molecule has 7 nitrogen and oxygen atoms in total. The molecule has 0 spiro atoms. The Kier molecular flexibility index (Phi) is 5.65. The number of aromatic nitrogens is 1. The number of nitrogen functional groups attached to an aromatic ring is 1. The molecule has 7 heteroatoms. The zero-order chi connectivity index (χ0) is 15.1. The second-order valence-corrected chi connectivity index (χ2v) is 4.69. The largest absolute Gasteiger partial charge is 0.417 e. The molecule has 0 radical (unpaired) electrons. The average molecular weight is 295 g/mol. The summed E-state index contributed by atoms with van der Waals surface area (Å²) in [5.74, 6) is -0.477. The number of nitrogens with one attached hydrogen (secondary N) is 2. The molecule has 116 valence electrons. The third-order valence-corrected chi connectivity index (χ3v) is 3.05. The van der Waals surface area contributed by atoms with Gasteiger partial charge in [0.25, 0.3) is 0 Å². The Bertz CT molecular complexity index is 620. The Morgan fingerprint density at radius 3 is 2.95 bits per heavy atom. The van der Waals surface area contributed by atoms with Crippen molar-refractivity contribution in [2.45, 2.75) is 12.8 Å². The van der Waals surface area contributed by atoms with Gasteiger partial charge in [0.05, 0.1) is 30.1 Å². The standard InChI is InChI=1S/C14H21N3O4/c1-19-6-7-20-5-3-2-4-16-11-9-12-13(8-10(11)15)21-14(18)17-12/h8-9,16H,2-7,15H2,1H3,(H,17,18). The lowest BCUT2D eigenvalue weighted by Crippen LogP contribution is -2.07. The number of hydrogen-bond acceptors (Lipinski definition) is 6. The van der Waals surface area contributed by atoms with E-state index in [1.54, 1.807) is 19.2 Å². The number of methoxy groups -OCH3 is 1. The second kappa shape index (κ2) is 7.70. The molecular formula is C14H21N3O4. The molecule has 0 aliphatic heterocycles. The molecular weight excluding hydrogens is 274 g/mol. The van der Waals surface area contributed by atoms with Gasteiger partial charge in [-0.1, -0.05) is 0 Å². The number of nitrogens with two attached hydrogens (primary N) is 1. The maximum atomic E-state index is 11.1. The maximum Gasteiger partial charge on any atom is 0.417 e. The quantitative estimate of drug-likeness (QED) is 0.479. The fourth-order valence-corrected chi connectivity index (χ4v) is 1.96. The second-order valence-electron chi connectivity index (χ2n) is 4.69. The van der Waals surface area contributed by atoms with Gasteiger partial charge >= 0.3 is 5.76 Å². The van der Waals surface area contributed by atoms with Crippen LogP contribution in [0.3, 0.4) is 0 Å². The van der Waals surface area contributed by atoms with Crippen LogP contribution in [0.4, 0.5) is 11.4 Å². The molecule has 0 saturated heterocycles. The third-order valence-electron chi connectivity index (χ3n) is 3.05.